The van der Waals surface area contributed by atoms with E-state index >= 15 is 0 Å². The number of aryl methyl sites for hydroxylation is 1. The van der Waals surface area contributed by atoms with Gasteiger partial charge in [0.15, 0.2) is 0 Å². The molecule has 0 spiro atoms. The van der Waals surface area contributed by atoms with Crippen molar-refractivity contribution in [3.63, 3.8) is 0 Å². The number of rotatable bonds is 6. The molecule has 6 heteroatoms. The third-order valence-electron chi connectivity index (χ3n) is 2.75. The fourth-order valence-corrected chi connectivity index (χ4v) is 2.97. The third-order valence-corrected chi connectivity index (χ3v) is 4.76. The Morgan fingerprint density at radius 2 is 2.06 bits per heavy atom. The van der Waals surface area contributed by atoms with E-state index in [0.717, 1.165) is 0 Å². The molecule has 1 aromatic rings. The van der Waals surface area contributed by atoms with Gasteiger partial charge in [0.25, 0.3) is 0 Å². The van der Waals surface area contributed by atoms with Gasteiger partial charge in [-0.05, 0) is 37.7 Å². The maximum Gasteiger partial charge on any atom is 0.243 e. The third kappa shape index (κ3) is 3.22. The van der Waals surface area contributed by atoms with Gasteiger partial charge in [-0.2, -0.15) is 4.31 Å². The summed E-state index contributed by atoms with van der Waals surface area (Å²) in [5, 5.41) is 2.93. The van der Waals surface area contributed by atoms with E-state index in [4.69, 9.17) is 4.74 Å². The van der Waals surface area contributed by atoms with Gasteiger partial charge in [-0.3, -0.25) is 0 Å². The normalized spacial score (nSPS) is 11.8. The van der Waals surface area contributed by atoms with Crippen molar-refractivity contribution in [1.29, 1.82) is 0 Å². The van der Waals surface area contributed by atoms with Crippen LogP contribution < -0.4 is 10.1 Å². The van der Waals surface area contributed by atoms with Crippen LogP contribution in [0.2, 0.25) is 0 Å². The predicted octanol–water partition coefficient (Wildman–Crippen LogP) is 0.844. The molecule has 1 N–H and O–H groups in total. The number of sulfonamides is 1. The fourth-order valence-electron chi connectivity index (χ4n) is 1.60. The molecule has 0 aliphatic heterocycles. The van der Waals surface area contributed by atoms with Crippen LogP contribution in [0.3, 0.4) is 0 Å². The number of hydrogen-bond donors (Lipinski definition) is 1. The summed E-state index contributed by atoms with van der Waals surface area (Å²) in [7, 11) is 1.50. The lowest BCUT2D eigenvalue weighted by Crippen LogP contribution is -2.33. The van der Waals surface area contributed by atoms with Gasteiger partial charge in [-0.15, -0.1) is 0 Å². The molecule has 0 radical (unpaired) electrons. The highest BCUT2D eigenvalue weighted by atomic mass is 32.2. The van der Waals surface area contributed by atoms with Crippen LogP contribution in [-0.2, 0) is 10.0 Å². The van der Waals surface area contributed by atoms with E-state index in [1.807, 2.05) is 0 Å². The van der Waals surface area contributed by atoms with E-state index in [0.29, 0.717) is 29.3 Å². The molecular weight excluding hydrogens is 252 g/mol. The van der Waals surface area contributed by atoms with Crippen molar-refractivity contribution in [2.24, 2.45) is 0 Å². The molecule has 0 bridgehead atoms. The average molecular weight is 272 g/mol. The van der Waals surface area contributed by atoms with Crippen LogP contribution in [0.4, 0.5) is 0 Å². The first kappa shape index (κ1) is 14.9. The Bertz CT molecular complexity index is 500. The summed E-state index contributed by atoms with van der Waals surface area (Å²) in [4.78, 5) is 0.321. The molecule has 0 aromatic heterocycles. The summed E-state index contributed by atoms with van der Waals surface area (Å²) in [6.45, 7) is 2.82. The van der Waals surface area contributed by atoms with Crippen LogP contribution in [0.5, 0.6) is 5.75 Å². The van der Waals surface area contributed by atoms with E-state index in [1.165, 1.54) is 4.31 Å². The van der Waals surface area contributed by atoms with Gasteiger partial charge in [0, 0.05) is 20.1 Å². The van der Waals surface area contributed by atoms with Crippen LogP contribution in [0.1, 0.15) is 5.56 Å². The number of benzene rings is 1. The zero-order chi connectivity index (χ0) is 13.8. The first-order valence-electron chi connectivity index (χ1n) is 5.69. The minimum Gasteiger partial charge on any atom is -0.497 e. The monoisotopic (exact) mass is 272 g/mol. The molecule has 0 aliphatic rings. The largest absolute Gasteiger partial charge is 0.497 e. The van der Waals surface area contributed by atoms with Gasteiger partial charge in [0.1, 0.15) is 5.75 Å². The van der Waals surface area contributed by atoms with E-state index in [-0.39, 0.29) is 0 Å². The van der Waals surface area contributed by atoms with Gasteiger partial charge < -0.3 is 10.1 Å². The summed E-state index contributed by atoms with van der Waals surface area (Å²) in [6, 6.07) is 4.96. The number of nitrogens with zero attached hydrogens (tertiary/aromatic N) is 1. The van der Waals surface area contributed by atoms with Crippen molar-refractivity contribution in [1.82, 2.24) is 9.62 Å². The van der Waals surface area contributed by atoms with Gasteiger partial charge in [-0.25, -0.2) is 8.42 Å². The second kappa shape index (κ2) is 6.17. The lowest BCUT2D eigenvalue weighted by atomic mass is 10.2. The van der Waals surface area contributed by atoms with Crippen LogP contribution in [0.25, 0.3) is 0 Å². The summed E-state index contributed by atoms with van der Waals surface area (Å²) in [5.74, 6) is 0.657. The molecule has 0 aliphatic carbocycles. The second-order valence-electron chi connectivity index (χ2n) is 4.06. The molecule has 0 fully saturated rings. The van der Waals surface area contributed by atoms with Crippen molar-refractivity contribution in [3.05, 3.63) is 23.8 Å². The van der Waals surface area contributed by atoms with E-state index in [9.17, 15) is 8.42 Å². The van der Waals surface area contributed by atoms with Crippen molar-refractivity contribution < 1.29 is 13.2 Å². The van der Waals surface area contributed by atoms with Crippen LogP contribution >= 0.6 is 0 Å². The molecule has 1 rings (SSSR count). The van der Waals surface area contributed by atoms with Crippen molar-refractivity contribution >= 4 is 10.0 Å². The smallest absolute Gasteiger partial charge is 0.243 e. The number of hydrogen-bond acceptors (Lipinski definition) is 4. The zero-order valence-corrected chi connectivity index (χ0v) is 12.0. The number of methoxy groups -OCH3 is 1. The zero-order valence-electron chi connectivity index (χ0n) is 11.2. The Morgan fingerprint density at radius 3 is 2.56 bits per heavy atom. The molecule has 0 heterocycles. The maximum absolute atomic E-state index is 12.3. The van der Waals surface area contributed by atoms with Gasteiger partial charge in [0.2, 0.25) is 10.0 Å². The molecule has 0 unspecified atom stereocenters. The number of likely N-dealkylation sites (N-methyl/N-ethyl adjacent to an activating group) is 2. The van der Waals surface area contributed by atoms with Crippen LogP contribution in [0.15, 0.2) is 23.1 Å². The highest BCUT2D eigenvalue weighted by Crippen LogP contribution is 2.23. The fraction of sp³-hybridized carbons (Fsp3) is 0.500. The first-order chi connectivity index (χ1) is 8.43. The van der Waals surface area contributed by atoms with Crippen LogP contribution in [-0.4, -0.2) is 47.0 Å². The number of nitrogens with one attached hydrogen (secondary N) is 1. The summed E-state index contributed by atoms with van der Waals surface area (Å²) in [5.41, 5.74) is 0.686. The van der Waals surface area contributed by atoms with Crippen molar-refractivity contribution in [2.45, 2.75) is 11.8 Å². The second-order valence-corrected chi connectivity index (χ2v) is 6.07. The number of ether oxygens (including phenoxy) is 1. The Hall–Kier alpha value is -1.11. The van der Waals surface area contributed by atoms with Crippen molar-refractivity contribution in [3.8, 4) is 5.75 Å². The Morgan fingerprint density at radius 1 is 1.39 bits per heavy atom. The summed E-state index contributed by atoms with van der Waals surface area (Å²) in [6.07, 6.45) is 0. The Balaban J connectivity index is 3.05. The van der Waals surface area contributed by atoms with E-state index in [1.54, 1.807) is 46.3 Å². The molecule has 18 heavy (non-hydrogen) atoms. The highest BCUT2D eigenvalue weighted by molar-refractivity contribution is 7.89. The Labute approximate surface area is 109 Å². The molecule has 0 saturated heterocycles. The lowest BCUT2D eigenvalue weighted by Gasteiger charge is -2.18. The minimum atomic E-state index is -3.43. The summed E-state index contributed by atoms with van der Waals surface area (Å²) < 4.78 is 31.0. The first-order valence-corrected chi connectivity index (χ1v) is 7.13. The van der Waals surface area contributed by atoms with Gasteiger partial charge in [-0.1, -0.05) is 0 Å². The van der Waals surface area contributed by atoms with E-state index < -0.39 is 10.0 Å². The van der Waals surface area contributed by atoms with Gasteiger partial charge >= 0.3 is 0 Å². The maximum atomic E-state index is 12.3. The summed E-state index contributed by atoms with van der Waals surface area (Å²) >= 11 is 0. The van der Waals surface area contributed by atoms with Gasteiger partial charge in [0.05, 0.1) is 12.0 Å². The molecule has 0 saturated carbocycles. The highest BCUT2D eigenvalue weighted by Gasteiger charge is 2.22. The quantitative estimate of drug-likeness (QED) is 0.834. The van der Waals surface area contributed by atoms with E-state index in [2.05, 4.69) is 5.32 Å². The average Bonchev–Trinajstić information content (AvgIpc) is 2.35. The standard InChI is InChI=1S/C12H20N2O3S/c1-10-9-11(17-4)5-6-12(10)18(15,16)14(3)8-7-13-2/h5-6,9,13H,7-8H2,1-4H3. The SMILES string of the molecule is CNCCN(C)S(=O)(=O)c1ccc(OC)cc1C. The molecular formula is C12H20N2O3S. The molecule has 1 aromatic carbocycles. The van der Waals surface area contributed by atoms with Crippen LogP contribution in [0, 0.1) is 6.92 Å². The molecule has 0 atom stereocenters. The lowest BCUT2D eigenvalue weighted by molar-refractivity contribution is 0.413. The Kier molecular flexibility index (Phi) is 5.13. The predicted molar refractivity (Wildman–Crippen MR) is 71.5 cm³/mol. The molecule has 0 amide bonds. The van der Waals surface area contributed by atoms with Crippen molar-refractivity contribution in [2.75, 3.05) is 34.3 Å². The minimum absolute atomic E-state index is 0.321. The molecule has 5 nitrogen and oxygen atoms in total. The topological polar surface area (TPSA) is 58.6 Å². The molecule has 102 valence electrons.